The van der Waals surface area contributed by atoms with E-state index in [9.17, 15) is 4.79 Å². The van der Waals surface area contributed by atoms with Crippen molar-refractivity contribution in [3.8, 4) is 11.4 Å². The van der Waals surface area contributed by atoms with Gasteiger partial charge in [0.2, 0.25) is 5.91 Å². The molecule has 0 aliphatic carbocycles. The van der Waals surface area contributed by atoms with Crippen molar-refractivity contribution in [2.75, 3.05) is 11.2 Å². The number of H-pyrrole nitrogens is 1. The summed E-state index contributed by atoms with van der Waals surface area (Å²) in [4.78, 5) is 19.4. The molecule has 1 heterocycles. The molecule has 1 aromatic heterocycles. The number of benzene rings is 2. The number of alkyl halides is 1. The van der Waals surface area contributed by atoms with Gasteiger partial charge in [0.25, 0.3) is 0 Å². The maximum Gasteiger partial charge on any atom is 0.239 e. The number of aromatic nitrogens is 2. The number of aromatic amines is 1. The summed E-state index contributed by atoms with van der Waals surface area (Å²) >= 11 is 5.56. The predicted octanol–water partition coefficient (Wildman–Crippen LogP) is 3.72. The van der Waals surface area contributed by atoms with E-state index < -0.39 is 0 Å². The van der Waals surface area contributed by atoms with Gasteiger partial charge in [0.15, 0.2) is 0 Å². The second kappa shape index (κ2) is 5.58. The Kier molecular flexibility index (Phi) is 3.62. The highest BCUT2D eigenvalue weighted by atomic mass is 35.5. The Morgan fingerprint density at radius 2 is 2.10 bits per heavy atom. The molecule has 0 saturated carbocycles. The Morgan fingerprint density at radius 3 is 2.86 bits per heavy atom. The van der Waals surface area contributed by atoms with Gasteiger partial charge in [-0.2, -0.15) is 0 Å². The SMILES string of the molecule is Cc1ccc(NC(=O)CCl)c(-c2nc3ccccc3[nH]2)c1. The third kappa shape index (κ3) is 2.76. The molecule has 3 aromatic rings. The minimum Gasteiger partial charge on any atom is -0.338 e. The molecule has 0 spiro atoms. The molecule has 2 aromatic carbocycles. The zero-order valence-electron chi connectivity index (χ0n) is 11.5. The lowest BCUT2D eigenvalue weighted by atomic mass is 10.1. The molecule has 0 atom stereocenters. The molecule has 0 fully saturated rings. The standard InChI is InChI=1S/C16H14ClN3O/c1-10-6-7-12(18-15(21)9-17)11(8-10)16-19-13-4-2-3-5-14(13)20-16/h2-8H,9H2,1H3,(H,18,21)(H,19,20). The van der Waals surface area contributed by atoms with Crippen molar-refractivity contribution in [1.82, 2.24) is 9.97 Å². The number of halogens is 1. The van der Waals surface area contributed by atoms with E-state index in [0.29, 0.717) is 5.69 Å². The summed E-state index contributed by atoms with van der Waals surface area (Å²) in [6, 6.07) is 13.6. The smallest absolute Gasteiger partial charge is 0.239 e. The van der Waals surface area contributed by atoms with E-state index in [2.05, 4.69) is 15.3 Å². The van der Waals surface area contributed by atoms with Crippen molar-refractivity contribution in [2.24, 2.45) is 0 Å². The number of carbonyl (C=O) groups is 1. The lowest BCUT2D eigenvalue weighted by Gasteiger charge is -2.09. The molecular weight excluding hydrogens is 286 g/mol. The number of hydrogen-bond acceptors (Lipinski definition) is 2. The number of anilines is 1. The number of aryl methyl sites for hydroxylation is 1. The molecular formula is C16H14ClN3O. The fourth-order valence-corrected chi connectivity index (χ4v) is 2.29. The first-order valence-corrected chi connectivity index (χ1v) is 7.12. The molecule has 1 amide bonds. The monoisotopic (exact) mass is 299 g/mol. The van der Waals surface area contributed by atoms with E-state index in [1.54, 1.807) is 0 Å². The average molecular weight is 300 g/mol. The molecule has 21 heavy (non-hydrogen) atoms. The van der Waals surface area contributed by atoms with E-state index in [1.165, 1.54) is 0 Å². The van der Waals surface area contributed by atoms with Gasteiger partial charge in [-0.1, -0.05) is 23.8 Å². The van der Waals surface area contributed by atoms with Crippen molar-refractivity contribution in [1.29, 1.82) is 0 Å². The first-order chi connectivity index (χ1) is 10.2. The van der Waals surface area contributed by atoms with Crippen LogP contribution in [0, 0.1) is 6.92 Å². The van der Waals surface area contributed by atoms with E-state index in [0.717, 1.165) is 28.0 Å². The van der Waals surface area contributed by atoms with Crippen molar-refractivity contribution in [3.05, 3.63) is 48.0 Å². The molecule has 106 valence electrons. The fourth-order valence-electron chi connectivity index (χ4n) is 2.23. The maximum absolute atomic E-state index is 11.5. The zero-order chi connectivity index (χ0) is 14.8. The van der Waals surface area contributed by atoms with Crippen LogP contribution in [0.5, 0.6) is 0 Å². The highest BCUT2D eigenvalue weighted by Gasteiger charge is 2.12. The first-order valence-electron chi connectivity index (χ1n) is 6.59. The van der Waals surface area contributed by atoms with Gasteiger partial charge in [-0.15, -0.1) is 11.6 Å². The molecule has 3 rings (SSSR count). The van der Waals surface area contributed by atoms with Crippen LogP contribution in [-0.2, 0) is 4.79 Å². The summed E-state index contributed by atoms with van der Waals surface area (Å²) in [6.07, 6.45) is 0. The zero-order valence-corrected chi connectivity index (χ0v) is 12.2. The van der Waals surface area contributed by atoms with Gasteiger partial charge < -0.3 is 10.3 Å². The van der Waals surface area contributed by atoms with E-state index in [-0.39, 0.29) is 11.8 Å². The minimum absolute atomic E-state index is 0.0759. The minimum atomic E-state index is -0.238. The number of nitrogens with zero attached hydrogens (tertiary/aromatic N) is 1. The van der Waals surface area contributed by atoms with E-state index in [1.807, 2.05) is 49.4 Å². The van der Waals surface area contributed by atoms with Crippen molar-refractivity contribution >= 4 is 34.2 Å². The molecule has 4 nitrogen and oxygen atoms in total. The molecule has 2 N–H and O–H groups in total. The number of para-hydroxylation sites is 2. The second-order valence-electron chi connectivity index (χ2n) is 4.83. The van der Waals surface area contributed by atoms with Crippen LogP contribution in [0.2, 0.25) is 0 Å². The van der Waals surface area contributed by atoms with Crippen molar-refractivity contribution in [2.45, 2.75) is 6.92 Å². The topological polar surface area (TPSA) is 57.8 Å². The second-order valence-corrected chi connectivity index (χ2v) is 5.10. The van der Waals surface area contributed by atoms with Crippen LogP contribution < -0.4 is 5.32 Å². The van der Waals surface area contributed by atoms with Crippen molar-refractivity contribution < 1.29 is 4.79 Å². The Balaban J connectivity index is 2.11. The fraction of sp³-hybridized carbons (Fsp3) is 0.125. The van der Waals surface area contributed by atoms with Gasteiger partial charge in [-0.05, 0) is 31.2 Å². The van der Waals surface area contributed by atoms with Crippen molar-refractivity contribution in [3.63, 3.8) is 0 Å². The van der Waals surface area contributed by atoms with E-state index >= 15 is 0 Å². The Bertz CT molecular complexity index is 777. The number of nitrogens with one attached hydrogen (secondary N) is 2. The maximum atomic E-state index is 11.5. The summed E-state index contributed by atoms with van der Waals surface area (Å²) in [5.41, 5.74) is 4.50. The summed E-state index contributed by atoms with van der Waals surface area (Å²) in [7, 11) is 0. The molecule has 0 aliphatic heterocycles. The lowest BCUT2D eigenvalue weighted by Crippen LogP contribution is -2.13. The summed E-state index contributed by atoms with van der Waals surface area (Å²) in [5, 5.41) is 2.80. The summed E-state index contributed by atoms with van der Waals surface area (Å²) < 4.78 is 0. The van der Waals surface area contributed by atoms with Crippen LogP contribution >= 0.6 is 11.6 Å². The lowest BCUT2D eigenvalue weighted by molar-refractivity contribution is -0.113. The third-order valence-electron chi connectivity index (χ3n) is 3.22. The van der Waals surface area contributed by atoms with Crippen LogP contribution in [0.1, 0.15) is 5.56 Å². The predicted molar refractivity (Wildman–Crippen MR) is 85.6 cm³/mol. The number of hydrogen-bond donors (Lipinski definition) is 2. The highest BCUT2D eigenvalue weighted by Crippen LogP contribution is 2.28. The molecule has 0 saturated heterocycles. The Labute approximate surface area is 127 Å². The van der Waals surface area contributed by atoms with Crippen LogP contribution in [0.15, 0.2) is 42.5 Å². The van der Waals surface area contributed by atoms with Crippen LogP contribution in [0.3, 0.4) is 0 Å². The molecule has 0 radical (unpaired) electrons. The van der Waals surface area contributed by atoms with Crippen LogP contribution in [0.25, 0.3) is 22.4 Å². The average Bonchev–Trinajstić information content (AvgIpc) is 2.92. The Morgan fingerprint density at radius 1 is 1.29 bits per heavy atom. The molecule has 0 aliphatic rings. The summed E-state index contributed by atoms with van der Waals surface area (Å²) in [6.45, 7) is 2.00. The normalized spacial score (nSPS) is 10.8. The quantitative estimate of drug-likeness (QED) is 0.724. The molecule has 5 heteroatoms. The van der Waals surface area contributed by atoms with Crippen LogP contribution in [0.4, 0.5) is 5.69 Å². The summed E-state index contributed by atoms with van der Waals surface area (Å²) in [5.74, 6) is 0.413. The third-order valence-corrected chi connectivity index (χ3v) is 3.46. The number of rotatable bonds is 3. The van der Waals surface area contributed by atoms with Crippen LogP contribution in [-0.4, -0.2) is 21.8 Å². The van der Waals surface area contributed by atoms with Gasteiger partial charge >= 0.3 is 0 Å². The van der Waals surface area contributed by atoms with Gasteiger partial charge in [0, 0.05) is 5.56 Å². The van der Waals surface area contributed by atoms with Gasteiger partial charge in [-0.3, -0.25) is 4.79 Å². The molecule has 0 unspecified atom stereocenters. The number of fused-ring (bicyclic) bond motifs is 1. The number of imidazole rings is 1. The van der Waals surface area contributed by atoms with Gasteiger partial charge in [0.1, 0.15) is 11.7 Å². The van der Waals surface area contributed by atoms with Gasteiger partial charge in [0.05, 0.1) is 16.7 Å². The van der Waals surface area contributed by atoms with E-state index in [4.69, 9.17) is 11.6 Å². The number of amides is 1. The molecule has 0 bridgehead atoms. The number of carbonyl (C=O) groups excluding carboxylic acids is 1. The highest BCUT2D eigenvalue weighted by molar-refractivity contribution is 6.29. The van der Waals surface area contributed by atoms with Gasteiger partial charge in [-0.25, -0.2) is 4.98 Å². The Hall–Kier alpha value is -2.33. The largest absolute Gasteiger partial charge is 0.338 e. The first kappa shape index (κ1) is 13.6.